The molecule has 1 aromatic carbocycles. The summed E-state index contributed by atoms with van der Waals surface area (Å²) in [5.74, 6) is -0.894. The summed E-state index contributed by atoms with van der Waals surface area (Å²) in [7, 11) is 0. The Morgan fingerprint density at radius 1 is 1.32 bits per heavy atom. The highest BCUT2D eigenvalue weighted by molar-refractivity contribution is 9.09. The summed E-state index contributed by atoms with van der Waals surface area (Å²) >= 11 is 15.7. The number of alkyl halides is 1. The largest absolute Gasteiger partial charge is 0.461 e. The van der Waals surface area contributed by atoms with Gasteiger partial charge in [-0.05, 0) is 24.5 Å². The second-order valence-electron chi connectivity index (χ2n) is 6.05. The molecule has 0 spiro atoms. The van der Waals surface area contributed by atoms with Crippen molar-refractivity contribution in [3.8, 4) is 0 Å². The lowest BCUT2D eigenvalue weighted by Gasteiger charge is -2.27. The molecule has 1 saturated heterocycles. The normalized spacial score (nSPS) is 38.2. The first-order valence-corrected chi connectivity index (χ1v) is 8.75. The number of halogens is 3. The summed E-state index contributed by atoms with van der Waals surface area (Å²) in [6.45, 7) is 0. The number of nitrogens with one attached hydrogen (secondary N) is 1. The van der Waals surface area contributed by atoms with Crippen LogP contribution >= 0.6 is 39.1 Å². The minimum atomic E-state index is -0.379. The maximum atomic E-state index is 12.7. The standard InChI is InChI=1S/C15H12BrCl2NO3/c16-11-5-4-6-10(15(21)22-13(6)11)9(5)14(20)19-8-3-1-2-7(17)12(8)18/h1-3,5-6,9-11,13H,4H2,(H,19,20)/t5-,6-,9-,10+,11-,13+/m1/s1. The van der Waals surface area contributed by atoms with Crippen LogP contribution in [0.25, 0.3) is 0 Å². The monoisotopic (exact) mass is 403 g/mol. The van der Waals surface area contributed by atoms with Gasteiger partial charge in [0.1, 0.15) is 6.10 Å². The van der Waals surface area contributed by atoms with Crippen molar-refractivity contribution in [2.24, 2.45) is 23.7 Å². The van der Waals surface area contributed by atoms with Crippen molar-refractivity contribution in [1.82, 2.24) is 0 Å². The quantitative estimate of drug-likeness (QED) is 0.606. The van der Waals surface area contributed by atoms with Gasteiger partial charge in [0.15, 0.2) is 0 Å². The molecule has 2 aliphatic carbocycles. The van der Waals surface area contributed by atoms with Crippen LogP contribution in [0.5, 0.6) is 0 Å². The van der Waals surface area contributed by atoms with E-state index in [0.29, 0.717) is 15.7 Å². The van der Waals surface area contributed by atoms with Gasteiger partial charge >= 0.3 is 5.97 Å². The van der Waals surface area contributed by atoms with Gasteiger partial charge in [-0.2, -0.15) is 0 Å². The predicted octanol–water partition coefficient (Wildman–Crippen LogP) is 3.50. The SMILES string of the molecule is O=C(Nc1cccc(Cl)c1Cl)[C@@H]1[C@H]2C[C@H]3[C@H](OC(=O)[C@@H]31)[C@@H]2Br. The molecule has 1 aromatic rings. The summed E-state index contributed by atoms with van der Waals surface area (Å²) in [5, 5.41) is 3.51. The Kier molecular flexibility index (Phi) is 3.44. The van der Waals surface area contributed by atoms with Crippen LogP contribution in [-0.2, 0) is 14.3 Å². The molecule has 22 heavy (non-hydrogen) atoms. The van der Waals surface area contributed by atoms with Crippen LogP contribution in [0.15, 0.2) is 18.2 Å². The zero-order valence-corrected chi connectivity index (χ0v) is 14.4. The van der Waals surface area contributed by atoms with Crippen LogP contribution in [0.1, 0.15) is 6.42 Å². The number of esters is 1. The molecule has 0 unspecified atom stereocenters. The first kappa shape index (κ1) is 14.8. The molecule has 0 radical (unpaired) electrons. The second kappa shape index (κ2) is 5.11. The molecule has 116 valence electrons. The number of hydrogen-bond donors (Lipinski definition) is 1. The highest BCUT2D eigenvalue weighted by atomic mass is 79.9. The third-order valence-corrected chi connectivity index (χ3v) is 7.05. The molecule has 3 aliphatic rings. The smallest absolute Gasteiger partial charge is 0.310 e. The molecule has 1 aliphatic heterocycles. The van der Waals surface area contributed by atoms with Crippen molar-refractivity contribution in [3.05, 3.63) is 28.2 Å². The molecule has 2 bridgehead atoms. The number of hydrogen-bond acceptors (Lipinski definition) is 3. The summed E-state index contributed by atoms with van der Waals surface area (Å²) < 4.78 is 5.41. The Morgan fingerprint density at radius 2 is 2.09 bits per heavy atom. The zero-order valence-electron chi connectivity index (χ0n) is 11.3. The lowest BCUT2D eigenvalue weighted by Crippen LogP contribution is -2.40. The Morgan fingerprint density at radius 3 is 2.86 bits per heavy atom. The van der Waals surface area contributed by atoms with Crippen LogP contribution < -0.4 is 5.32 Å². The average molecular weight is 405 g/mol. The molecule has 0 aromatic heterocycles. The van der Waals surface area contributed by atoms with Gasteiger partial charge in [0, 0.05) is 5.92 Å². The van der Waals surface area contributed by atoms with Crippen LogP contribution in [0, 0.1) is 23.7 Å². The third kappa shape index (κ3) is 1.95. The number of benzene rings is 1. The van der Waals surface area contributed by atoms with Gasteiger partial charge in [-0.25, -0.2) is 0 Å². The maximum absolute atomic E-state index is 12.7. The fourth-order valence-electron chi connectivity index (χ4n) is 4.15. The van der Waals surface area contributed by atoms with Gasteiger partial charge in [-0.1, -0.05) is 45.2 Å². The molecule has 1 amide bonds. The van der Waals surface area contributed by atoms with Gasteiger partial charge in [0.05, 0.1) is 32.4 Å². The zero-order chi connectivity index (χ0) is 15.6. The number of carbonyl (C=O) groups excluding carboxylic acids is 2. The molecular weight excluding hydrogens is 393 g/mol. The van der Waals surface area contributed by atoms with E-state index in [9.17, 15) is 9.59 Å². The van der Waals surface area contributed by atoms with Crippen molar-refractivity contribution in [3.63, 3.8) is 0 Å². The van der Waals surface area contributed by atoms with Crippen LogP contribution in [0.4, 0.5) is 5.69 Å². The Hall–Kier alpha value is -0.780. The summed E-state index contributed by atoms with van der Waals surface area (Å²) in [6, 6.07) is 5.07. The number of amides is 1. The lowest BCUT2D eigenvalue weighted by molar-refractivity contribution is -0.145. The molecule has 4 rings (SSSR count). The van der Waals surface area contributed by atoms with E-state index in [1.165, 1.54) is 0 Å². The summed E-state index contributed by atoms with van der Waals surface area (Å²) in [6.07, 6.45) is 0.763. The van der Waals surface area contributed by atoms with E-state index in [1.54, 1.807) is 18.2 Å². The van der Waals surface area contributed by atoms with Crippen molar-refractivity contribution in [2.75, 3.05) is 5.32 Å². The minimum absolute atomic E-state index is 0.0470. The Balaban J connectivity index is 1.61. The van der Waals surface area contributed by atoms with Crippen molar-refractivity contribution in [1.29, 1.82) is 0 Å². The molecule has 4 nitrogen and oxygen atoms in total. The molecule has 1 heterocycles. The number of rotatable bonds is 2. The van der Waals surface area contributed by atoms with Gasteiger partial charge in [-0.15, -0.1) is 0 Å². The van der Waals surface area contributed by atoms with Crippen molar-refractivity contribution >= 4 is 56.7 Å². The van der Waals surface area contributed by atoms with Gasteiger partial charge in [-0.3, -0.25) is 9.59 Å². The first-order valence-electron chi connectivity index (χ1n) is 7.08. The third-order valence-electron chi connectivity index (χ3n) is 5.04. The lowest BCUT2D eigenvalue weighted by atomic mass is 9.79. The number of anilines is 1. The molecule has 1 N–H and O–H groups in total. The van der Waals surface area contributed by atoms with E-state index < -0.39 is 0 Å². The maximum Gasteiger partial charge on any atom is 0.310 e. The highest BCUT2D eigenvalue weighted by Gasteiger charge is 2.67. The van der Waals surface area contributed by atoms with Gasteiger partial charge in [0.2, 0.25) is 5.91 Å². The number of carbonyl (C=O) groups is 2. The Bertz CT molecular complexity index is 683. The van der Waals surface area contributed by atoms with E-state index in [4.69, 9.17) is 27.9 Å². The van der Waals surface area contributed by atoms with E-state index in [1.807, 2.05) is 0 Å². The number of fused-ring (bicyclic) bond motifs is 1. The van der Waals surface area contributed by atoms with Gasteiger partial charge < -0.3 is 10.1 Å². The fourth-order valence-corrected chi connectivity index (χ4v) is 5.54. The summed E-state index contributed by atoms with van der Waals surface area (Å²) in [4.78, 5) is 24.8. The molecular formula is C15H12BrCl2NO3. The predicted molar refractivity (Wildman–Crippen MR) is 86.3 cm³/mol. The van der Waals surface area contributed by atoms with E-state index in [2.05, 4.69) is 21.2 Å². The van der Waals surface area contributed by atoms with Gasteiger partial charge in [0.25, 0.3) is 0 Å². The first-order chi connectivity index (χ1) is 10.5. The highest BCUT2D eigenvalue weighted by Crippen LogP contribution is 2.60. The molecule has 6 atom stereocenters. The summed E-state index contributed by atoms with van der Waals surface area (Å²) in [5.41, 5.74) is 0.468. The van der Waals surface area contributed by atoms with Crippen LogP contribution in [-0.4, -0.2) is 22.8 Å². The number of ether oxygens (including phenoxy) is 1. The Labute approximate surface area is 145 Å². The van der Waals surface area contributed by atoms with Crippen molar-refractivity contribution in [2.45, 2.75) is 17.4 Å². The average Bonchev–Trinajstić information content (AvgIpc) is 3.08. The topological polar surface area (TPSA) is 55.4 Å². The fraction of sp³-hybridized carbons (Fsp3) is 0.467. The van der Waals surface area contributed by atoms with Crippen LogP contribution in [0.2, 0.25) is 10.0 Å². The molecule has 2 saturated carbocycles. The second-order valence-corrected chi connectivity index (χ2v) is 7.89. The van der Waals surface area contributed by atoms with E-state index in [-0.39, 0.29) is 46.5 Å². The van der Waals surface area contributed by atoms with Crippen LogP contribution in [0.3, 0.4) is 0 Å². The van der Waals surface area contributed by atoms with E-state index in [0.717, 1.165) is 6.42 Å². The molecule has 7 heteroatoms. The molecule has 3 fully saturated rings. The van der Waals surface area contributed by atoms with Crippen molar-refractivity contribution < 1.29 is 14.3 Å². The minimum Gasteiger partial charge on any atom is -0.461 e. The van der Waals surface area contributed by atoms with E-state index >= 15 is 0 Å².